The maximum atomic E-state index is 12.5. The monoisotopic (exact) mass is 655 g/mol. The van der Waals surface area contributed by atoms with Crippen molar-refractivity contribution in [3.8, 4) is 22.3 Å². The van der Waals surface area contributed by atoms with Gasteiger partial charge in [-0.15, -0.1) is 0 Å². The smallest absolute Gasteiger partial charge is 0.306 e. The van der Waals surface area contributed by atoms with Gasteiger partial charge < -0.3 is 14.1 Å². The number of carbonyl (C=O) groups excluding carboxylic acids is 1. The molecule has 0 amide bonds. The van der Waals surface area contributed by atoms with Gasteiger partial charge in [-0.05, 0) is 73.9 Å². The number of benzene rings is 5. The Kier molecular flexibility index (Phi) is 10.6. The Morgan fingerprint density at radius 1 is 0.646 bits per heavy atom. The summed E-state index contributed by atoms with van der Waals surface area (Å²) in [6.07, 6.45) is 1.31. The Morgan fingerprint density at radius 3 is 1.62 bits per heavy atom. The molecule has 6 nitrogen and oxygen atoms in total. The van der Waals surface area contributed by atoms with Gasteiger partial charge in [0.15, 0.2) is 0 Å². The lowest BCUT2D eigenvalue weighted by molar-refractivity contribution is -0.923. The number of nitrogens with zero attached hydrogens (tertiary/aromatic N) is 4. The first-order valence-corrected chi connectivity index (χ1v) is 17.6. The van der Waals surface area contributed by atoms with E-state index in [9.17, 15) is 4.79 Å². The van der Waals surface area contributed by atoms with E-state index < -0.39 is 0 Å². The first-order chi connectivity index (χ1) is 23.5. The molecular weight excluding hydrogens is 613 g/mol. The van der Waals surface area contributed by atoms with Crippen LogP contribution in [0.2, 0.25) is 0 Å². The van der Waals surface area contributed by atoms with Gasteiger partial charge in [0.05, 0.1) is 44.3 Å². The summed E-state index contributed by atoms with van der Waals surface area (Å²) < 4.78 is 16.1. The molecule has 0 spiro atoms. The van der Waals surface area contributed by atoms with Gasteiger partial charge in [0, 0.05) is 34.6 Å². The van der Waals surface area contributed by atoms with Crippen LogP contribution in [0.5, 0.6) is 0 Å². The molecule has 0 saturated heterocycles. The molecule has 0 N–H and O–H groups in total. The molecule has 0 fully saturated rings. The molecule has 0 saturated carbocycles. The van der Waals surface area contributed by atoms with E-state index in [2.05, 4.69) is 123 Å². The number of ether oxygens (including phenoxy) is 1. The molecular formula is C41H43N4O2S+. The third kappa shape index (κ3) is 7.33. The standard InChI is InChI=1S/C41H43N4O2S/c1-4-45(5-2,6-3)29-13-18-39(46)47-30-31-19-21-32(22-20-31)37-27-28-38(41-40(37)42-48-43-41)33-23-25-36(26-24-33)44(34-14-9-7-10-15-34)35-16-11-8-12-17-35/h7-12,14-17,19-28H,4-6,13,18,29-30H2,1-3H3/q+1. The van der Waals surface area contributed by atoms with Gasteiger partial charge in [-0.3, -0.25) is 4.79 Å². The van der Waals surface area contributed by atoms with Crippen molar-refractivity contribution in [3.63, 3.8) is 0 Å². The highest BCUT2D eigenvalue weighted by atomic mass is 32.1. The predicted octanol–water partition coefficient (Wildman–Crippen LogP) is 10.2. The van der Waals surface area contributed by atoms with Crippen LogP contribution >= 0.6 is 11.7 Å². The topological polar surface area (TPSA) is 55.3 Å². The largest absolute Gasteiger partial charge is 0.461 e. The van der Waals surface area contributed by atoms with Crippen LogP contribution in [0, 0.1) is 0 Å². The summed E-state index contributed by atoms with van der Waals surface area (Å²) >= 11 is 1.23. The number of aromatic nitrogens is 2. The number of anilines is 3. The van der Waals surface area contributed by atoms with Gasteiger partial charge in [0.2, 0.25) is 0 Å². The lowest BCUT2D eigenvalue weighted by atomic mass is 9.97. The second-order valence-electron chi connectivity index (χ2n) is 12.2. The minimum absolute atomic E-state index is 0.132. The summed E-state index contributed by atoms with van der Waals surface area (Å²) in [5.41, 5.74) is 10.3. The van der Waals surface area contributed by atoms with E-state index in [0.717, 1.165) is 93.0 Å². The maximum absolute atomic E-state index is 12.5. The fraction of sp³-hybridized carbons (Fsp3) is 0.244. The molecule has 7 heteroatoms. The van der Waals surface area contributed by atoms with Crippen molar-refractivity contribution in [1.29, 1.82) is 0 Å². The molecule has 6 aromatic rings. The zero-order valence-corrected chi connectivity index (χ0v) is 28.8. The number of hydrogen-bond acceptors (Lipinski definition) is 6. The van der Waals surface area contributed by atoms with E-state index >= 15 is 0 Å². The number of para-hydroxylation sites is 2. The molecule has 0 aliphatic carbocycles. The van der Waals surface area contributed by atoms with Crippen LogP contribution in [0.25, 0.3) is 33.3 Å². The Balaban J connectivity index is 1.15. The fourth-order valence-corrected chi connectivity index (χ4v) is 7.02. The zero-order valence-electron chi connectivity index (χ0n) is 28.0. The zero-order chi connectivity index (χ0) is 33.3. The number of rotatable bonds is 14. The van der Waals surface area contributed by atoms with E-state index in [1.807, 2.05) is 24.3 Å². The number of fused-ring (bicyclic) bond motifs is 1. The van der Waals surface area contributed by atoms with E-state index in [0.29, 0.717) is 6.42 Å². The molecule has 6 rings (SSSR count). The van der Waals surface area contributed by atoms with Gasteiger partial charge in [-0.2, -0.15) is 8.75 Å². The molecule has 5 aromatic carbocycles. The van der Waals surface area contributed by atoms with Crippen molar-refractivity contribution in [3.05, 3.63) is 127 Å². The molecule has 0 radical (unpaired) electrons. The molecule has 0 unspecified atom stereocenters. The highest BCUT2D eigenvalue weighted by molar-refractivity contribution is 7.00. The van der Waals surface area contributed by atoms with Gasteiger partial charge in [-0.25, -0.2) is 0 Å². The summed E-state index contributed by atoms with van der Waals surface area (Å²) in [5, 5.41) is 0. The van der Waals surface area contributed by atoms with Crippen molar-refractivity contribution >= 4 is 45.8 Å². The first kappa shape index (κ1) is 33.1. The third-order valence-electron chi connectivity index (χ3n) is 9.57. The molecule has 0 atom stereocenters. The number of hydrogen-bond donors (Lipinski definition) is 0. The van der Waals surface area contributed by atoms with E-state index in [4.69, 9.17) is 13.5 Å². The maximum Gasteiger partial charge on any atom is 0.306 e. The van der Waals surface area contributed by atoms with Gasteiger partial charge in [-0.1, -0.05) is 84.9 Å². The van der Waals surface area contributed by atoms with E-state index in [1.54, 1.807) is 0 Å². The quantitative estimate of drug-likeness (QED) is 0.0864. The van der Waals surface area contributed by atoms with Crippen molar-refractivity contribution in [2.45, 2.75) is 40.2 Å². The number of quaternary nitrogens is 1. The summed E-state index contributed by atoms with van der Waals surface area (Å²) in [6.45, 7) is 11.3. The van der Waals surface area contributed by atoms with Gasteiger partial charge in [0.1, 0.15) is 17.6 Å². The second kappa shape index (κ2) is 15.4. The van der Waals surface area contributed by atoms with Crippen LogP contribution in [-0.2, 0) is 16.1 Å². The summed E-state index contributed by atoms with van der Waals surface area (Å²) in [5.74, 6) is -0.132. The van der Waals surface area contributed by atoms with Crippen molar-refractivity contribution in [2.75, 3.05) is 31.1 Å². The summed E-state index contributed by atoms with van der Waals surface area (Å²) in [7, 11) is 0. The lowest BCUT2D eigenvalue weighted by Crippen LogP contribution is -2.48. The molecule has 1 heterocycles. The highest BCUT2D eigenvalue weighted by Gasteiger charge is 2.21. The second-order valence-corrected chi connectivity index (χ2v) is 12.7. The lowest BCUT2D eigenvalue weighted by Gasteiger charge is -2.35. The normalized spacial score (nSPS) is 11.5. The Morgan fingerprint density at radius 2 is 1.12 bits per heavy atom. The van der Waals surface area contributed by atoms with Gasteiger partial charge >= 0.3 is 5.97 Å². The highest BCUT2D eigenvalue weighted by Crippen LogP contribution is 2.38. The average molecular weight is 656 g/mol. The predicted molar refractivity (Wildman–Crippen MR) is 199 cm³/mol. The van der Waals surface area contributed by atoms with Crippen molar-refractivity contribution in [1.82, 2.24) is 8.75 Å². The molecule has 244 valence electrons. The Hall–Kier alpha value is -4.85. The number of esters is 1. The van der Waals surface area contributed by atoms with Crippen LogP contribution in [0.4, 0.5) is 17.1 Å². The molecule has 0 bridgehead atoms. The van der Waals surface area contributed by atoms with Gasteiger partial charge in [0.25, 0.3) is 0 Å². The van der Waals surface area contributed by atoms with E-state index in [-0.39, 0.29) is 12.6 Å². The van der Waals surface area contributed by atoms with E-state index in [1.165, 1.54) is 11.7 Å². The molecule has 48 heavy (non-hydrogen) atoms. The molecule has 0 aliphatic heterocycles. The third-order valence-corrected chi connectivity index (χ3v) is 10.1. The van der Waals surface area contributed by atoms with Crippen LogP contribution < -0.4 is 4.90 Å². The van der Waals surface area contributed by atoms with Crippen LogP contribution in [-0.4, -0.2) is 45.4 Å². The van der Waals surface area contributed by atoms with Crippen molar-refractivity contribution < 1.29 is 14.0 Å². The summed E-state index contributed by atoms with van der Waals surface area (Å²) in [4.78, 5) is 14.7. The summed E-state index contributed by atoms with van der Waals surface area (Å²) in [6, 6.07) is 41.9. The SMILES string of the molecule is CC[N+](CC)(CC)CCCC(=O)OCc1ccc(-c2ccc(-c3ccc(N(c4ccccc4)c4ccccc4)cc3)c3nsnc23)cc1. The molecule has 1 aromatic heterocycles. The minimum Gasteiger partial charge on any atom is -0.461 e. The van der Waals surface area contributed by atoms with Crippen LogP contribution in [0.15, 0.2) is 121 Å². The minimum atomic E-state index is -0.132. The number of carbonyl (C=O) groups is 1. The van der Waals surface area contributed by atoms with Crippen molar-refractivity contribution in [2.24, 2.45) is 0 Å². The average Bonchev–Trinajstić information content (AvgIpc) is 3.65. The van der Waals surface area contributed by atoms with Crippen LogP contribution in [0.1, 0.15) is 39.2 Å². The molecule has 0 aliphatic rings. The Labute approximate surface area is 288 Å². The van der Waals surface area contributed by atoms with Crippen LogP contribution in [0.3, 0.4) is 0 Å². The Bertz CT molecular complexity index is 1870. The fourth-order valence-electron chi connectivity index (χ4n) is 6.44. The first-order valence-electron chi connectivity index (χ1n) is 16.9.